The van der Waals surface area contributed by atoms with Crippen LogP contribution in [0.3, 0.4) is 0 Å². The smallest absolute Gasteiger partial charge is 0.407 e. The predicted molar refractivity (Wildman–Crippen MR) is 123 cm³/mol. The second kappa shape index (κ2) is 8.20. The summed E-state index contributed by atoms with van der Waals surface area (Å²) < 4.78 is 7.24. The lowest BCUT2D eigenvalue weighted by atomic mass is 9.94. The zero-order valence-electron chi connectivity index (χ0n) is 19.0. The Morgan fingerprint density at radius 3 is 2.65 bits per heavy atom. The van der Waals surface area contributed by atoms with E-state index in [-0.39, 0.29) is 12.1 Å². The molecule has 0 radical (unpaired) electrons. The van der Waals surface area contributed by atoms with E-state index >= 15 is 0 Å². The third-order valence-corrected chi connectivity index (χ3v) is 6.60. The number of aromatic nitrogens is 4. The van der Waals surface area contributed by atoms with Crippen molar-refractivity contribution in [3.63, 3.8) is 0 Å². The van der Waals surface area contributed by atoms with Gasteiger partial charge in [0.25, 0.3) is 0 Å². The molecule has 12 heteroatoms. The van der Waals surface area contributed by atoms with E-state index in [1.807, 2.05) is 18.3 Å². The van der Waals surface area contributed by atoms with Crippen molar-refractivity contribution in [1.29, 1.82) is 0 Å². The Morgan fingerprint density at radius 2 is 1.97 bits per heavy atom. The third kappa shape index (κ3) is 4.00. The van der Waals surface area contributed by atoms with Gasteiger partial charge in [-0.1, -0.05) is 0 Å². The van der Waals surface area contributed by atoms with Crippen LogP contribution >= 0.6 is 0 Å². The normalized spacial score (nSPS) is 18.1. The Balaban J connectivity index is 1.38. The number of nitrogens with one attached hydrogen (secondary N) is 2. The van der Waals surface area contributed by atoms with Crippen molar-refractivity contribution in [2.45, 2.75) is 31.4 Å². The topological polar surface area (TPSA) is 149 Å². The van der Waals surface area contributed by atoms with Crippen LogP contribution in [0.15, 0.2) is 24.5 Å². The van der Waals surface area contributed by atoms with Crippen molar-refractivity contribution >= 4 is 29.1 Å². The molecule has 0 bridgehead atoms. The number of fused-ring (bicyclic) bond motifs is 1. The summed E-state index contributed by atoms with van der Waals surface area (Å²) in [5.74, 6) is 0.861. The number of hydrogen-bond donors (Lipinski definition) is 4. The predicted octanol–water partition coefficient (Wildman–Crippen LogP) is 2.35. The van der Waals surface area contributed by atoms with Gasteiger partial charge in [0.15, 0.2) is 0 Å². The van der Waals surface area contributed by atoms with Crippen LogP contribution in [0, 0.1) is 0 Å². The Labute approximate surface area is 195 Å². The fourth-order valence-electron chi connectivity index (χ4n) is 4.36. The van der Waals surface area contributed by atoms with Gasteiger partial charge in [0.1, 0.15) is 11.3 Å². The maximum atomic E-state index is 12.7. The summed E-state index contributed by atoms with van der Waals surface area (Å²) in [5, 5.41) is 26.4. The number of carboxylic acid groups (broad SMARTS) is 1. The van der Waals surface area contributed by atoms with E-state index < -0.39 is 11.7 Å². The van der Waals surface area contributed by atoms with Gasteiger partial charge in [0.2, 0.25) is 5.95 Å². The van der Waals surface area contributed by atoms with Gasteiger partial charge in [-0.15, -0.1) is 0 Å². The highest BCUT2D eigenvalue weighted by atomic mass is 16.5. The molecule has 0 saturated carbocycles. The number of amides is 3. The Morgan fingerprint density at radius 1 is 1.24 bits per heavy atom. The van der Waals surface area contributed by atoms with Crippen LogP contribution in [0.2, 0.25) is 0 Å². The summed E-state index contributed by atoms with van der Waals surface area (Å²) in [6, 6.07) is 3.42. The van der Waals surface area contributed by atoms with E-state index in [2.05, 4.69) is 20.4 Å². The van der Waals surface area contributed by atoms with Crippen molar-refractivity contribution in [3.05, 3.63) is 24.5 Å². The van der Waals surface area contributed by atoms with Gasteiger partial charge in [-0.25, -0.2) is 14.6 Å². The highest BCUT2D eigenvalue weighted by Crippen LogP contribution is 2.35. The van der Waals surface area contributed by atoms with Crippen LogP contribution in [0.1, 0.15) is 25.8 Å². The molecule has 2 aromatic heterocycles. The zero-order valence-corrected chi connectivity index (χ0v) is 19.0. The number of ether oxygens (including phenoxy) is 1. The van der Waals surface area contributed by atoms with Gasteiger partial charge in [-0.05, 0) is 31.9 Å². The lowest BCUT2D eigenvalue weighted by Crippen LogP contribution is -2.50. The van der Waals surface area contributed by atoms with E-state index in [1.54, 1.807) is 29.8 Å². The number of urea groups is 1. The molecule has 12 nitrogen and oxygen atoms in total. The second-order valence-electron chi connectivity index (χ2n) is 9.09. The first kappa shape index (κ1) is 22.0. The summed E-state index contributed by atoms with van der Waals surface area (Å²) in [4.78, 5) is 34.5. The van der Waals surface area contributed by atoms with Crippen molar-refractivity contribution in [1.82, 2.24) is 29.5 Å². The fraction of sp³-hybridized carbons (Fsp3) is 0.455. The first-order chi connectivity index (χ1) is 16.2. The molecule has 0 unspecified atom stereocenters. The van der Waals surface area contributed by atoms with Crippen molar-refractivity contribution in [2.24, 2.45) is 0 Å². The van der Waals surface area contributed by atoms with Crippen molar-refractivity contribution < 1.29 is 24.5 Å². The Hall–Kier alpha value is -3.80. The molecule has 2 aliphatic rings. The van der Waals surface area contributed by atoms with Gasteiger partial charge in [0.05, 0.1) is 30.5 Å². The lowest BCUT2D eigenvalue weighted by Gasteiger charge is -2.36. The van der Waals surface area contributed by atoms with E-state index in [1.165, 1.54) is 4.90 Å². The summed E-state index contributed by atoms with van der Waals surface area (Å²) in [5.41, 5.74) is 2.19. The quantitative estimate of drug-likeness (QED) is 0.458. The molecular weight excluding hydrogens is 442 g/mol. The molecule has 180 valence electrons. The largest absolute Gasteiger partial charge is 0.494 e. The van der Waals surface area contributed by atoms with E-state index in [0.717, 1.165) is 11.1 Å². The number of methoxy groups -OCH3 is 1. The van der Waals surface area contributed by atoms with Gasteiger partial charge < -0.3 is 29.7 Å². The number of benzene rings is 1. The SMILES string of the molecule is COc1ccc(-c2cnn(C3CN(C(=O)O)C3)c2)c2[nH]c(NC(=O)N3CCC(C)(O)CC3)nc12. The highest BCUT2D eigenvalue weighted by Gasteiger charge is 2.33. The molecule has 2 saturated heterocycles. The monoisotopic (exact) mass is 469 g/mol. The standard InChI is InChI=1S/C22H27N7O5/c1-22(33)5-7-27(8-6-22)20(30)26-19-24-17-15(3-4-16(34-2)18(17)25-19)13-9-23-29(10-13)14-11-28(12-14)21(31)32/h3-4,9-10,14,33H,5-8,11-12H2,1-2H3,(H,31,32)(H2,24,25,26,30). The van der Waals surface area contributed by atoms with Crippen LogP contribution in [0.4, 0.5) is 15.5 Å². The first-order valence-electron chi connectivity index (χ1n) is 11.1. The van der Waals surface area contributed by atoms with Crippen LogP contribution in [-0.4, -0.2) is 90.8 Å². The average molecular weight is 470 g/mol. The number of rotatable bonds is 4. The summed E-state index contributed by atoms with van der Waals surface area (Å²) in [7, 11) is 1.56. The molecule has 34 heavy (non-hydrogen) atoms. The molecule has 2 aliphatic heterocycles. The molecule has 0 spiro atoms. The molecule has 0 aliphatic carbocycles. The molecule has 2 fully saturated rings. The number of aromatic amines is 1. The molecule has 1 aromatic carbocycles. The minimum atomic E-state index is -0.928. The summed E-state index contributed by atoms with van der Waals surface area (Å²) >= 11 is 0. The number of aliphatic hydroxyl groups is 1. The summed E-state index contributed by atoms with van der Waals surface area (Å²) in [6.07, 6.45) is 3.72. The second-order valence-corrected chi connectivity index (χ2v) is 9.09. The van der Waals surface area contributed by atoms with Crippen LogP contribution in [0.25, 0.3) is 22.2 Å². The van der Waals surface area contributed by atoms with E-state index in [4.69, 9.17) is 9.84 Å². The van der Waals surface area contributed by atoms with Crippen molar-refractivity contribution in [2.75, 3.05) is 38.6 Å². The minimum absolute atomic E-state index is 0.000487. The molecule has 4 N–H and O–H groups in total. The Kier molecular flexibility index (Phi) is 5.31. The zero-order chi connectivity index (χ0) is 24.0. The number of H-pyrrole nitrogens is 1. The first-order valence-corrected chi connectivity index (χ1v) is 11.1. The number of hydrogen-bond acceptors (Lipinski definition) is 6. The van der Waals surface area contributed by atoms with Gasteiger partial charge in [0, 0.05) is 43.5 Å². The molecule has 0 atom stereocenters. The number of nitrogens with zero attached hydrogens (tertiary/aromatic N) is 5. The molecule has 4 heterocycles. The number of carbonyl (C=O) groups excluding carboxylic acids is 1. The number of piperidine rings is 1. The number of imidazole rings is 1. The van der Waals surface area contributed by atoms with Crippen LogP contribution < -0.4 is 10.1 Å². The molecular formula is C22H27N7O5. The van der Waals surface area contributed by atoms with Gasteiger partial charge in [-0.2, -0.15) is 5.10 Å². The summed E-state index contributed by atoms with van der Waals surface area (Å²) in [6.45, 7) is 3.52. The maximum Gasteiger partial charge on any atom is 0.407 e. The van der Waals surface area contributed by atoms with Gasteiger partial charge in [-0.3, -0.25) is 10.00 Å². The highest BCUT2D eigenvalue weighted by molar-refractivity contribution is 5.98. The van der Waals surface area contributed by atoms with Crippen LogP contribution in [-0.2, 0) is 0 Å². The Bertz CT molecular complexity index is 1230. The number of carbonyl (C=O) groups is 2. The number of likely N-dealkylation sites (tertiary alicyclic amines) is 2. The van der Waals surface area contributed by atoms with E-state index in [9.17, 15) is 14.7 Å². The minimum Gasteiger partial charge on any atom is -0.494 e. The molecule has 3 aromatic rings. The fourth-order valence-corrected chi connectivity index (χ4v) is 4.36. The van der Waals surface area contributed by atoms with Gasteiger partial charge >= 0.3 is 12.1 Å². The third-order valence-electron chi connectivity index (χ3n) is 6.60. The number of anilines is 1. The lowest BCUT2D eigenvalue weighted by molar-refractivity contribution is 0.00568. The molecule has 3 amide bonds. The van der Waals surface area contributed by atoms with E-state index in [0.29, 0.717) is 61.8 Å². The van der Waals surface area contributed by atoms with Crippen LogP contribution in [0.5, 0.6) is 5.75 Å². The molecule has 5 rings (SSSR count). The average Bonchev–Trinajstić information content (AvgIpc) is 3.39. The van der Waals surface area contributed by atoms with Crippen molar-refractivity contribution in [3.8, 4) is 16.9 Å². The maximum absolute atomic E-state index is 12.7.